The zero-order valence-electron chi connectivity index (χ0n) is 23.7. The van der Waals surface area contributed by atoms with Gasteiger partial charge in [0.2, 0.25) is 12.4 Å². The molecule has 1 aliphatic rings. The monoisotopic (exact) mass is 598 g/mol. The molecule has 0 spiro atoms. The van der Waals surface area contributed by atoms with Crippen LogP contribution in [0.5, 0.6) is 11.5 Å². The predicted octanol–water partition coefficient (Wildman–Crippen LogP) is 4.47. The van der Waals surface area contributed by atoms with Gasteiger partial charge in [-0.05, 0) is 60.7 Å². The van der Waals surface area contributed by atoms with E-state index in [0.29, 0.717) is 11.5 Å². The lowest BCUT2D eigenvalue weighted by Gasteiger charge is -2.44. The van der Waals surface area contributed by atoms with E-state index in [1.165, 1.54) is 7.11 Å². The Morgan fingerprint density at radius 1 is 0.591 bits per heavy atom. The number of hydrogen-bond acceptors (Lipinski definition) is 10. The normalized spacial score (nSPS) is 21.0. The van der Waals surface area contributed by atoms with Gasteiger partial charge in [0.1, 0.15) is 17.6 Å². The van der Waals surface area contributed by atoms with E-state index in [0.717, 1.165) is 0 Å². The number of rotatable bonds is 10. The summed E-state index contributed by atoms with van der Waals surface area (Å²) in [5.41, 5.74) is 0.631. The van der Waals surface area contributed by atoms with E-state index in [4.69, 9.17) is 28.4 Å². The molecule has 226 valence electrons. The van der Waals surface area contributed by atoms with Gasteiger partial charge >= 0.3 is 17.9 Å². The second-order valence-corrected chi connectivity index (χ2v) is 9.73. The van der Waals surface area contributed by atoms with Crippen LogP contribution in [0.2, 0.25) is 0 Å². The van der Waals surface area contributed by atoms with Crippen LogP contribution in [0.1, 0.15) is 31.1 Å². The van der Waals surface area contributed by atoms with Crippen LogP contribution in [0, 0.1) is 0 Å². The molecule has 10 nitrogen and oxygen atoms in total. The van der Waals surface area contributed by atoms with Crippen molar-refractivity contribution in [2.75, 3.05) is 13.7 Å². The number of esters is 3. The molecule has 5 atom stereocenters. The number of ether oxygens (including phenoxy) is 6. The molecular weight excluding hydrogens is 568 g/mol. The number of hydrogen-bond donors (Lipinski definition) is 1. The van der Waals surface area contributed by atoms with Gasteiger partial charge < -0.3 is 33.5 Å². The molecule has 4 aromatic rings. The van der Waals surface area contributed by atoms with Crippen molar-refractivity contribution in [3.8, 4) is 11.5 Å². The maximum atomic E-state index is 13.4. The van der Waals surface area contributed by atoms with Crippen LogP contribution < -0.4 is 9.47 Å². The van der Waals surface area contributed by atoms with Gasteiger partial charge in [0, 0.05) is 0 Å². The fourth-order valence-corrected chi connectivity index (χ4v) is 4.61. The van der Waals surface area contributed by atoms with E-state index < -0.39 is 55.2 Å². The second kappa shape index (κ2) is 14.3. The van der Waals surface area contributed by atoms with Crippen molar-refractivity contribution < 1.29 is 47.9 Å². The third-order valence-electron chi connectivity index (χ3n) is 6.84. The van der Waals surface area contributed by atoms with E-state index >= 15 is 0 Å². The Bertz CT molecular complexity index is 1530. The molecule has 1 saturated heterocycles. The summed E-state index contributed by atoms with van der Waals surface area (Å²) in [7, 11) is 1.52. The van der Waals surface area contributed by atoms with Crippen molar-refractivity contribution >= 4 is 17.9 Å². The van der Waals surface area contributed by atoms with E-state index in [9.17, 15) is 19.5 Å². The highest BCUT2D eigenvalue weighted by atomic mass is 16.7. The molecule has 1 aliphatic heterocycles. The molecule has 0 bridgehead atoms. The standard InChI is InChI=1S/C34H30O10/c1-39-25-17-19-26(20-18-25)40-34-30(44-33(38)24-15-9-4-10-16-24)29(43-32(37)23-13-7-3-8-14-23)28(27(21-35)41-34)42-31(36)22-11-5-2-6-12-22/h2-20,27-30,34-35H,21H2,1H3/t27-,28-,29+,30-,34-/m1/s1. The molecule has 1 N–H and O–H groups in total. The van der Waals surface area contributed by atoms with Gasteiger partial charge in [-0.1, -0.05) is 54.6 Å². The average molecular weight is 599 g/mol. The molecule has 4 aromatic carbocycles. The summed E-state index contributed by atoms with van der Waals surface area (Å²) >= 11 is 0. The summed E-state index contributed by atoms with van der Waals surface area (Å²) < 4.78 is 35.0. The van der Waals surface area contributed by atoms with Crippen molar-refractivity contribution in [2.24, 2.45) is 0 Å². The van der Waals surface area contributed by atoms with Gasteiger partial charge in [-0.3, -0.25) is 0 Å². The van der Waals surface area contributed by atoms with E-state index in [1.54, 1.807) is 115 Å². The first-order chi connectivity index (χ1) is 21.5. The van der Waals surface area contributed by atoms with E-state index in [1.807, 2.05) is 0 Å². The number of carbonyl (C=O) groups is 3. The minimum atomic E-state index is -1.46. The predicted molar refractivity (Wildman–Crippen MR) is 156 cm³/mol. The fourth-order valence-electron chi connectivity index (χ4n) is 4.61. The fraction of sp³-hybridized carbons (Fsp3) is 0.206. The summed E-state index contributed by atoms with van der Waals surface area (Å²) in [5, 5.41) is 10.4. The topological polar surface area (TPSA) is 127 Å². The van der Waals surface area contributed by atoms with Gasteiger partial charge in [0.25, 0.3) is 0 Å². The first kappa shape index (κ1) is 30.3. The molecule has 10 heteroatoms. The van der Waals surface area contributed by atoms with E-state index in [2.05, 4.69) is 0 Å². The first-order valence-corrected chi connectivity index (χ1v) is 13.8. The highest BCUT2D eigenvalue weighted by Crippen LogP contribution is 2.32. The molecule has 1 heterocycles. The van der Waals surface area contributed by atoms with Crippen LogP contribution in [0.3, 0.4) is 0 Å². The molecule has 44 heavy (non-hydrogen) atoms. The van der Waals surface area contributed by atoms with E-state index in [-0.39, 0.29) is 16.7 Å². The summed E-state index contributed by atoms with van der Waals surface area (Å²) in [6, 6.07) is 31.0. The summed E-state index contributed by atoms with van der Waals surface area (Å²) in [6.45, 7) is -0.645. The Morgan fingerprint density at radius 3 is 1.43 bits per heavy atom. The molecule has 0 aromatic heterocycles. The van der Waals surface area contributed by atoms with Crippen molar-refractivity contribution in [1.82, 2.24) is 0 Å². The zero-order chi connectivity index (χ0) is 30.9. The van der Waals surface area contributed by atoms with Crippen LogP contribution in [0.25, 0.3) is 0 Å². The number of aliphatic hydroxyl groups is 1. The Balaban J connectivity index is 1.54. The van der Waals surface area contributed by atoms with Crippen LogP contribution in [-0.4, -0.2) is 67.4 Å². The quantitative estimate of drug-likeness (QED) is 0.206. The Labute approximate surface area is 253 Å². The molecule has 0 saturated carbocycles. The Hall–Kier alpha value is -5.19. The Morgan fingerprint density at radius 2 is 1.00 bits per heavy atom. The lowest BCUT2D eigenvalue weighted by atomic mass is 9.97. The molecule has 5 rings (SSSR count). The molecule has 0 unspecified atom stereocenters. The van der Waals surface area contributed by atoms with Gasteiger partial charge in [-0.2, -0.15) is 0 Å². The second-order valence-electron chi connectivity index (χ2n) is 9.73. The van der Waals surface area contributed by atoms with Crippen LogP contribution in [0.4, 0.5) is 0 Å². The van der Waals surface area contributed by atoms with Crippen molar-refractivity contribution in [2.45, 2.75) is 30.7 Å². The van der Waals surface area contributed by atoms with Crippen LogP contribution >= 0.6 is 0 Å². The number of aliphatic hydroxyl groups excluding tert-OH is 1. The maximum Gasteiger partial charge on any atom is 0.338 e. The highest BCUT2D eigenvalue weighted by molar-refractivity contribution is 5.91. The minimum absolute atomic E-state index is 0.202. The molecule has 0 amide bonds. The van der Waals surface area contributed by atoms with Gasteiger partial charge in [0.05, 0.1) is 30.4 Å². The van der Waals surface area contributed by atoms with Crippen LogP contribution in [-0.2, 0) is 18.9 Å². The smallest absolute Gasteiger partial charge is 0.338 e. The minimum Gasteiger partial charge on any atom is -0.497 e. The van der Waals surface area contributed by atoms with Crippen molar-refractivity contribution in [3.63, 3.8) is 0 Å². The summed E-state index contributed by atoms with van der Waals surface area (Å²) in [5.74, 6) is -1.43. The molecule has 1 fully saturated rings. The van der Waals surface area contributed by atoms with Gasteiger partial charge in [-0.15, -0.1) is 0 Å². The third kappa shape index (κ3) is 7.23. The number of benzene rings is 4. The van der Waals surface area contributed by atoms with Crippen molar-refractivity contribution in [3.05, 3.63) is 132 Å². The zero-order valence-corrected chi connectivity index (χ0v) is 23.7. The lowest BCUT2D eigenvalue weighted by Crippen LogP contribution is -2.63. The summed E-state index contributed by atoms with van der Waals surface area (Å²) in [4.78, 5) is 39.9. The first-order valence-electron chi connectivity index (χ1n) is 13.8. The molecular formula is C34H30O10. The number of carbonyl (C=O) groups excluding carboxylic acids is 3. The third-order valence-corrected chi connectivity index (χ3v) is 6.84. The van der Waals surface area contributed by atoms with Crippen molar-refractivity contribution in [1.29, 1.82) is 0 Å². The SMILES string of the molecule is COc1ccc(O[C@@H]2O[C@H](CO)[C@@H](OC(=O)c3ccccc3)[C@H](OC(=O)c3ccccc3)[C@H]2OC(=O)c2ccccc2)cc1. The largest absolute Gasteiger partial charge is 0.497 e. The average Bonchev–Trinajstić information content (AvgIpc) is 3.08. The molecule has 0 aliphatic carbocycles. The van der Waals surface area contributed by atoms with Gasteiger partial charge in [0.15, 0.2) is 12.2 Å². The van der Waals surface area contributed by atoms with Crippen LogP contribution in [0.15, 0.2) is 115 Å². The summed E-state index contributed by atoms with van der Waals surface area (Å²) in [6.07, 6.45) is -6.93. The Kier molecular flexibility index (Phi) is 9.85. The maximum absolute atomic E-state index is 13.4. The highest BCUT2D eigenvalue weighted by Gasteiger charge is 2.53. The lowest BCUT2D eigenvalue weighted by molar-refractivity contribution is -0.275. The van der Waals surface area contributed by atoms with Gasteiger partial charge in [-0.25, -0.2) is 14.4 Å². The number of methoxy groups -OCH3 is 1. The molecule has 0 radical (unpaired) electrons.